The Labute approximate surface area is 93.5 Å². The van der Waals surface area contributed by atoms with Gasteiger partial charge in [-0.1, -0.05) is 6.08 Å². The van der Waals surface area contributed by atoms with Gasteiger partial charge in [0.05, 0.1) is 11.4 Å². The molecule has 4 nitrogen and oxygen atoms in total. The minimum Gasteiger partial charge on any atom is -0.508 e. The quantitative estimate of drug-likeness (QED) is 0.778. The van der Waals surface area contributed by atoms with Gasteiger partial charge in [0.1, 0.15) is 11.6 Å². The fourth-order valence-corrected chi connectivity index (χ4v) is 2.16. The van der Waals surface area contributed by atoms with Crippen molar-refractivity contribution in [2.24, 2.45) is 0 Å². The highest BCUT2D eigenvalue weighted by Crippen LogP contribution is 2.19. The molecule has 0 atom stereocenters. The molecule has 0 aliphatic rings. The first-order valence-electron chi connectivity index (χ1n) is 4.54. The third kappa shape index (κ3) is 3.90. The monoisotopic (exact) mass is 245 g/mol. The third-order valence-corrected chi connectivity index (χ3v) is 3.07. The number of phenols is 1. The smallest absolute Gasteiger partial charge is 0.233 e. The van der Waals surface area contributed by atoms with Gasteiger partial charge < -0.3 is 5.11 Å². The van der Waals surface area contributed by atoms with E-state index in [4.69, 9.17) is 5.11 Å². The Morgan fingerprint density at radius 1 is 1.44 bits per heavy atom. The lowest BCUT2D eigenvalue weighted by molar-refractivity contribution is 0.469. The van der Waals surface area contributed by atoms with Crippen LogP contribution in [0.1, 0.15) is 6.42 Å². The van der Waals surface area contributed by atoms with Crippen LogP contribution in [0.25, 0.3) is 0 Å². The largest absolute Gasteiger partial charge is 0.508 e. The molecule has 1 aromatic carbocycles. The van der Waals surface area contributed by atoms with E-state index in [2.05, 4.69) is 11.3 Å². The Morgan fingerprint density at radius 3 is 2.69 bits per heavy atom. The summed E-state index contributed by atoms with van der Waals surface area (Å²) in [6.07, 6.45) is 1.78. The Balaban J connectivity index is 2.83. The molecule has 6 heteroatoms. The van der Waals surface area contributed by atoms with E-state index in [1.54, 1.807) is 0 Å². The number of aromatic hydroxyl groups is 1. The average molecular weight is 245 g/mol. The summed E-state index contributed by atoms with van der Waals surface area (Å²) >= 11 is 0. The molecule has 0 fully saturated rings. The molecule has 0 saturated carbocycles. The number of halogens is 1. The molecule has 0 unspecified atom stereocenters. The van der Waals surface area contributed by atoms with E-state index >= 15 is 0 Å². The molecule has 2 N–H and O–H groups in total. The van der Waals surface area contributed by atoms with E-state index in [1.807, 2.05) is 0 Å². The summed E-state index contributed by atoms with van der Waals surface area (Å²) in [6.45, 7) is 3.41. The van der Waals surface area contributed by atoms with Gasteiger partial charge in [-0.2, -0.15) is 0 Å². The SMILES string of the molecule is C=CCCS(=O)(=O)Nc1cc(O)cc(F)c1. The summed E-state index contributed by atoms with van der Waals surface area (Å²) in [5.41, 5.74) is 0.00145. The highest BCUT2D eigenvalue weighted by molar-refractivity contribution is 7.92. The maximum atomic E-state index is 12.8. The normalized spacial score (nSPS) is 11.1. The van der Waals surface area contributed by atoms with Crippen LogP contribution < -0.4 is 4.72 Å². The number of allylic oxidation sites excluding steroid dienone is 1. The second-order valence-corrected chi connectivity index (χ2v) is 5.04. The second-order valence-electron chi connectivity index (χ2n) is 3.20. The Kier molecular flexibility index (Phi) is 3.89. The first-order valence-corrected chi connectivity index (χ1v) is 6.19. The van der Waals surface area contributed by atoms with Gasteiger partial charge in [-0.25, -0.2) is 12.8 Å². The Morgan fingerprint density at radius 2 is 2.12 bits per heavy atom. The first-order chi connectivity index (χ1) is 7.43. The van der Waals surface area contributed by atoms with E-state index in [0.717, 1.165) is 18.2 Å². The molecule has 0 heterocycles. The molecule has 0 bridgehead atoms. The summed E-state index contributed by atoms with van der Waals surface area (Å²) in [6, 6.07) is 3.02. The van der Waals surface area contributed by atoms with Crippen LogP contribution in [0, 0.1) is 5.82 Å². The van der Waals surface area contributed by atoms with Gasteiger partial charge in [-0.3, -0.25) is 4.72 Å². The summed E-state index contributed by atoms with van der Waals surface area (Å²) in [7, 11) is -3.53. The van der Waals surface area contributed by atoms with Gasteiger partial charge in [0.2, 0.25) is 10.0 Å². The van der Waals surface area contributed by atoms with Crippen LogP contribution in [0.4, 0.5) is 10.1 Å². The number of anilines is 1. The highest BCUT2D eigenvalue weighted by Gasteiger charge is 2.10. The summed E-state index contributed by atoms with van der Waals surface area (Å²) in [4.78, 5) is 0. The predicted molar refractivity (Wildman–Crippen MR) is 60.3 cm³/mol. The van der Waals surface area contributed by atoms with Crippen molar-refractivity contribution in [1.29, 1.82) is 0 Å². The van der Waals surface area contributed by atoms with E-state index in [1.165, 1.54) is 6.08 Å². The first kappa shape index (κ1) is 12.5. The predicted octanol–water partition coefficient (Wildman–Crippen LogP) is 1.85. The molecule has 0 aromatic heterocycles. The van der Waals surface area contributed by atoms with Crippen LogP contribution in [-0.4, -0.2) is 19.3 Å². The number of hydrogen-bond donors (Lipinski definition) is 2. The minimum atomic E-state index is -3.53. The number of sulfonamides is 1. The lowest BCUT2D eigenvalue weighted by Crippen LogP contribution is -2.16. The van der Waals surface area contributed by atoms with Gasteiger partial charge >= 0.3 is 0 Å². The van der Waals surface area contributed by atoms with Crippen molar-refractivity contribution in [3.63, 3.8) is 0 Å². The van der Waals surface area contributed by atoms with Crippen LogP contribution in [0.2, 0.25) is 0 Å². The van der Waals surface area contributed by atoms with Crippen molar-refractivity contribution in [2.75, 3.05) is 10.5 Å². The molecule has 0 amide bonds. The molecule has 0 radical (unpaired) electrons. The zero-order valence-electron chi connectivity index (χ0n) is 8.48. The van der Waals surface area contributed by atoms with E-state index in [-0.39, 0.29) is 17.2 Å². The summed E-state index contributed by atoms with van der Waals surface area (Å²) in [5, 5.41) is 9.08. The van der Waals surface area contributed by atoms with Crippen LogP contribution in [0.3, 0.4) is 0 Å². The van der Waals surface area contributed by atoms with Crippen LogP contribution in [-0.2, 0) is 10.0 Å². The average Bonchev–Trinajstić information content (AvgIpc) is 2.12. The molecule has 16 heavy (non-hydrogen) atoms. The zero-order valence-corrected chi connectivity index (χ0v) is 9.30. The molecule has 0 spiro atoms. The van der Waals surface area contributed by atoms with Gasteiger partial charge in [-0.15, -0.1) is 6.58 Å². The van der Waals surface area contributed by atoms with Gasteiger partial charge in [0.15, 0.2) is 0 Å². The van der Waals surface area contributed by atoms with Crippen LogP contribution in [0.15, 0.2) is 30.9 Å². The molecule has 0 saturated heterocycles. The van der Waals surface area contributed by atoms with E-state index < -0.39 is 15.8 Å². The van der Waals surface area contributed by atoms with Gasteiger partial charge in [0.25, 0.3) is 0 Å². The Bertz CT molecular complexity index is 465. The van der Waals surface area contributed by atoms with Crippen molar-refractivity contribution in [3.05, 3.63) is 36.7 Å². The Hall–Kier alpha value is -1.56. The number of hydrogen-bond acceptors (Lipinski definition) is 3. The molecular weight excluding hydrogens is 233 g/mol. The standard InChI is InChI=1S/C10H12FNO3S/c1-2-3-4-16(14,15)12-9-5-8(11)6-10(13)7-9/h2,5-7,12-13H,1,3-4H2. The van der Waals surface area contributed by atoms with Crippen LogP contribution in [0.5, 0.6) is 5.75 Å². The fraction of sp³-hybridized carbons (Fsp3) is 0.200. The zero-order chi connectivity index (χ0) is 12.2. The van der Waals surface area contributed by atoms with Crippen molar-refractivity contribution in [1.82, 2.24) is 0 Å². The summed E-state index contributed by atoms with van der Waals surface area (Å²) < 4.78 is 37.8. The summed E-state index contributed by atoms with van der Waals surface area (Å²) in [5.74, 6) is -1.17. The molecule has 1 aromatic rings. The number of nitrogens with one attached hydrogen (secondary N) is 1. The number of benzene rings is 1. The van der Waals surface area contributed by atoms with Crippen molar-refractivity contribution in [2.45, 2.75) is 6.42 Å². The topological polar surface area (TPSA) is 66.4 Å². The molecule has 88 valence electrons. The second kappa shape index (κ2) is 4.98. The lowest BCUT2D eigenvalue weighted by atomic mass is 10.3. The highest BCUT2D eigenvalue weighted by atomic mass is 32.2. The lowest BCUT2D eigenvalue weighted by Gasteiger charge is -2.07. The molecule has 1 rings (SSSR count). The van der Waals surface area contributed by atoms with Crippen molar-refractivity contribution >= 4 is 15.7 Å². The number of phenolic OH excluding ortho intramolecular Hbond substituents is 1. The maximum Gasteiger partial charge on any atom is 0.233 e. The molecule has 0 aliphatic heterocycles. The third-order valence-electron chi connectivity index (χ3n) is 1.75. The van der Waals surface area contributed by atoms with Crippen molar-refractivity contribution < 1.29 is 17.9 Å². The van der Waals surface area contributed by atoms with Crippen molar-refractivity contribution in [3.8, 4) is 5.75 Å². The van der Waals surface area contributed by atoms with Gasteiger partial charge in [0, 0.05) is 12.1 Å². The van der Waals surface area contributed by atoms with Crippen LogP contribution >= 0.6 is 0 Å². The minimum absolute atomic E-state index is 0.00145. The van der Waals surface area contributed by atoms with E-state index in [0.29, 0.717) is 6.42 Å². The fourth-order valence-electron chi connectivity index (χ4n) is 1.10. The molecular formula is C10H12FNO3S. The number of rotatable bonds is 5. The molecule has 0 aliphatic carbocycles. The maximum absolute atomic E-state index is 12.8. The van der Waals surface area contributed by atoms with E-state index in [9.17, 15) is 12.8 Å². The van der Waals surface area contributed by atoms with Gasteiger partial charge in [-0.05, 0) is 12.5 Å².